The molecule has 8 amide bonds. The van der Waals surface area contributed by atoms with Gasteiger partial charge in [-0.25, -0.2) is 0 Å². The predicted molar refractivity (Wildman–Crippen MR) is 189 cm³/mol. The maximum atomic E-state index is 13.4. The van der Waals surface area contributed by atoms with Crippen LogP contribution in [0.3, 0.4) is 0 Å². The average Bonchev–Trinajstić information content (AvgIpc) is 3.04. The van der Waals surface area contributed by atoms with Crippen molar-refractivity contribution in [2.45, 2.75) is 101 Å². The number of nitrogens with two attached hydrogens (primary N) is 3. The molecule has 0 aromatic heterocycles. The number of nitrogens with one attached hydrogen (secondary N) is 5. The normalized spacial score (nSPS) is 22.7. The molecule has 1 aliphatic rings. The first-order chi connectivity index (χ1) is 24.6. The Hall–Kier alpha value is -5.36. The standard InChI is InChI=1S/C34H52N8O10/c1-3-4-5-6-7-8-9-10-11-12-23(52-2)17-22(43)15-21-16-31(48)38-14-13-30(47)40-24(18-27(35)44)33(50)42-26(20-29(37)46)34(51)41-25(19-28(36)45)32(49)39-21/h5-12,21-26,43H,3-4,13-20H2,1-2H3,(H2,35,44)(H2,36,45)(H2,37,46)(H,38,48)(H,39,49)(H,40,47)(H,41,51)(H,42,50)/b6-5+,8-7+,10-9+,12-11+/t21?,22-,23-,24?,25?,26-/m1/s1. The van der Waals surface area contributed by atoms with E-state index in [1.807, 2.05) is 24.3 Å². The Morgan fingerprint density at radius 2 is 1.27 bits per heavy atom. The number of rotatable bonds is 17. The van der Waals surface area contributed by atoms with Crippen molar-refractivity contribution in [1.29, 1.82) is 0 Å². The molecule has 0 saturated carbocycles. The third-order valence-corrected chi connectivity index (χ3v) is 7.42. The van der Waals surface area contributed by atoms with Crippen molar-refractivity contribution in [2.75, 3.05) is 13.7 Å². The van der Waals surface area contributed by atoms with Crippen LogP contribution in [-0.4, -0.2) is 102 Å². The van der Waals surface area contributed by atoms with Crippen LogP contribution in [-0.2, 0) is 43.1 Å². The Bertz CT molecular complexity index is 1380. The minimum absolute atomic E-state index is 0.0625. The largest absolute Gasteiger partial charge is 0.393 e. The lowest BCUT2D eigenvalue weighted by Gasteiger charge is -2.26. The molecule has 3 unspecified atom stereocenters. The number of ether oxygens (including phenoxy) is 1. The zero-order chi connectivity index (χ0) is 39.1. The first-order valence-corrected chi connectivity index (χ1v) is 16.8. The van der Waals surface area contributed by atoms with E-state index in [-0.39, 0.29) is 25.8 Å². The third kappa shape index (κ3) is 19.7. The molecule has 0 aromatic carbocycles. The SMILES string of the molecule is CCC/C=C/C=C/C=C/C=C/[C@H](C[C@H](O)CC1CC(=O)NCCC(=O)NC(CC(N)=O)C(=O)N[C@H](CC(N)=O)C(=O)NC(CC(N)=O)C(=O)N1)OC. The summed E-state index contributed by atoms with van der Waals surface area (Å²) < 4.78 is 5.45. The predicted octanol–water partition coefficient (Wildman–Crippen LogP) is -2.36. The number of methoxy groups -OCH3 is 1. The van der Waals surface area contributed by atoms with E-state index in [1.165, 1.54) is 7.11 Å². The highest BCUT2D eigenvalue weighted by Gasteiger charge is 2.33. The molecular formula is C34H52N8O10. The van der Waals surface area contributed by atoms with Crippen molar-refractivity contribution in [2.24, 2.45) is 17.2 Å². The summed E-state index contributed by atoms with van der Waals surface area (Å²) in [6.45, 7) is 1.87. The van der Waals surface area contributed by atoms with E-state index < -0.39 is 109 Å². The van der Waals surface area contributed by atoms with Gasteiger partial charge >= 0.3 is 0 Å². The van der Waals surface area contributed by atoms with Crippen molar-refractivity contribution in [3.63, 3.8) is 0 Å². The lowest BCUT2D eigenvalue weighted by molar-refractivity contribution is -0.136. The molecule has 18 heteroatoms. The minimum atomic E-state index is -1.72. The summed E-state index contributed by atoms with van der Waals surface area (Å²) in [5.74, 6) is -7.62. The van der Waals surface area contributed by atoms with Crippen LogP contribution in [0.1, 0.15) is 64.7 Å². The first-order valence-electron chi connectivity index (χ1n) is 16.8. The highest BCUT2D eigenvalue weighted by atomic mass is 16.5. The Labute approximate surface area is 302 Å². The summed E-state index contributed by atoms with van der Waals surface area (Å²) in [6, 6.07) is -6.02. The number of hydrogen-bond donors (Lipinski definition) is 9. The molecule has 1 rings (SSSR count). The van der Waals surface area contributed by atoms with Crippen molar-refractivity contribution in [1.82, 2.24) is 26.6 Å². The van der Waals surface area contributed by atoms with Crippen LogP contribution >= 0.6 is 0 Å². The van der Waals surface area contributed by atoms with Crippen LogP contribution in [0.2, 0.25) is 0 Å². The summed E-state index contributed by atoms with van der Waals surface area (Å²) in [4.78, 5) is 100. The molecule has 12 N–H and O–H groups in total. The van der Waals surface area contributed by atoms with Gasteiger partial charge in [0.2, 0.25) is 47.3 Å². The lowest BCUT2D eigenvalue weighted by atomic mass is 9.99. The second-order valence-corrected chi connectivity index (χ2v) is 12.0. The molecule has 52 heavy (non-hydrogen) atoms. The fourth-order valence-electron chi connectivity index (χ4n) is 4.88. The number of amides is 8. The van der Waals surface area contributed by atoms with Gasteiger partial charge in [0.15, 0.2) is 0 Å². The summed E-state index contributed by atoms with van der Waals surface area (Å²) in [5.41, 5.74) is 15.8. The summed E-state index contributed by atoms with van der Waals surface area (Å²) in [6.07, 6.45) is 12.1. The number of carbonyl (C=O) groups is 8. The molecule has 0 spiro atoms. The van der Waals surface area contributed by atoms with Gasteiger partial charge in [-0.1, -0.05) is 62.0 Å². The first kappa shape index (κ1) is 44.7. The molecule has 1 aliphatic heterocycles. The fraction of sp³-hybridized carbons (Fsp3) is 0.529. The Morgan fingerprint density at radius 1 is 0.769 bits per heavy atom. The quantitative estimate of drug-likeness (QED) is 0.0717. The van der Waals surface area contributed by atoms with E-state index >= 15 is 0 Å². The van der Waals surface area contributed by atoms with Gasteiger partial charge < -0.3 is 53.6 Å². The van der Waals surface area contributed by atoms with Crippen LogP contribution in [0, 0.1) is 0 Å². The average molecular weight is 733 g/mol. The second-order valence-electron chi connectivity index (χ2n) is 12.0. The van der Waals surface area contributed by atoms with E-state index in [0.29, 0.717) is 0 Å². The van der Waals surface area contributed by atoms with Crippen LogP contribution < -0.4 is 43.8 Å². The monoisotopic (exact) mass is 732 g/mol. The van der Waals surface area contributed by atoms with E-state index in [4.69, 9.17) is 21.9 Å². The van der Waals surface area contributed by atoms with E-state index in [9.17, 15) is 43.5 Å². The van der Waals surface area contributed by atoms with Gasteiger partial charge in [0.25, 0.3) is 0 Å². The highest BCUT2D eigenvalue weighted by Crippen LogP contribution is 2.13. The Balaban J connectivity index is 3.28. The van der Waals surface area contributed by atoms with Crippen LogP contribution in [0.4, 0.5) is 0 Å². The minimum Gasteiger partial charge on any atom is -0.393 e. The molecule has 0 bridgehead atoms. The van der Waals surface area contributed by atoms with Gasteiger partial charge in [-0.2, -0.15) is 0 Å². The zero-order valence-corrected chi connectivity index (χ0v) is 29.5. The molecule has 6 atom stereocenters. The second kappa shape index (κ2) is 24.7. The molecule has 288 valence electrons. The molecule has 0 aliphatic carbocycles. The van der Waals surface area contributed by atoms with E-state index in [1.54, 1.807) is 18.2 Å². The molecule has 0 radical (unpaired) electrons. The summed E-state index contributed by atoms with van der Waals surface area (Å²) >= 11 is 0. The Morgan fingerprint density at radius 3 is 1.79 bits per heavy atom. The topological polar surface area (TPSA) is 304 Å². The van der Waals surface area contributed by atoms with Gasteiger partial charge in [0.1, 0.15) is 18.1 Å². The number of primary amides is 3. The van der Waals surface area contributed by atoms with Gasteiger partial charge in [0.05, 0.1) is 31.5 Å². The zero-order valence-electron chi connectivity index (χ0n) is 29.5. The maximum absolute atomic E-state index is 13.4. The number of unbranched alkanes of at least 4 members (excludes halogenated alkanes) is 1. The van der Waals surface area contributed by atoms with Crippen molar-refractivity contribution < 1.29 is 48.2 Å². The van der Waals surface area contributed by atoms with E-state index in [2.05, 4.69) is 39.6 Å². The van der Waals surface area contributed by atoms with Gasteiger partial charge in [-0.05, 0) is 12.8 Å². The number of carbonyl (C=O) groups excluding carboxylic acids is 8. The third-order valence-electron chi connectivity index (χ3n) is 7.42. The van der Waals surface area contributed by atoms with Crippen molar-refractivity contribution >= 4 is 47.3 Å². The summed E-state index contributed by atoms with van der Waals surface area (Å²) in [7, 11) is 1.45. The molecule has 1 saturated heterocycles. The molecule has 18 nitrogen and oxygen atoms in total. The van der Waals surface area contributed by atoms with Gasteiger partial charge in [-0.15, -0.1) is 0 Å². The number of aliphatic hydroxyl groups is 1. The van der Waals surface area contributed by atoms with E-state index in [0.717, 1.165) is 12.8 Å². The van der Waals surface area contributed by atoms with Crippen LogP contribution in [0.15, 0.2) is 48.6 Å². The number of hydrogen-bond acceptors (Lipinski definition) is 10. The lowest BCUT2D eigenvalue weighted by Crippen LogP contribution is -2.59. The molecule has 1 heterocycles. The molecular weight excluding hydrogens is 680 g/mol. The maximum Gasteiger partial charge on any atom is 0.243 e. The number of allylic oxidation sites excluding steroid dienone is 7. The van der Waals surface area contributed by atoms with Crippen LogP contribution in [0.5, 0.6) is 0 Å². The highest BCUT2D eigenvalue weighted by molar-refractivity contribution is 5.98. The van der Waals surface area contributed by atoms with Crippen LogP contribution in [0.25, 0.3) is 0 Å². The van der Waals surface area contributed by atoms with Gasteiger partial charge in [-0.3, -0.25) is 38.4 Å². The molecule has 0 aromatic rings. The van der Waals surface area contributed by atoms with Gasteiger partial charge in [0, 0.05) is 39.0 Å². The fourth-order valence-corrected chi connectivity index (χ4v) is 4.88. The Kier molecular flexibility index (Phi) is 21.2. The number of aliphatic hydroxyl groups excluding tert-OH is 1. The van der Waals surface area contributed by atoms with Crippen molar-refractivity contribution in [3.8, 4) is 0 Å². The van der Waals surface area contributed by atoms with Crippen molar-refractivity contribution in [3.05, 3.63) is 48.6 Å². The molecule has 1 fully saturated rings. The summed E-state index contributed by atoms with van der Waals surface area (Å²) in [5, 5.41) is 22.8. The smallest absolute Gasteiger partial charge is 0.243 e.